The van der Waals surface area contributed by atoms with Crippen LogP contribution in [-0.4, -0.2) is 105 Å². The van der Waals surface area contributed by atoms with E-state index in [1.165, 1.54) is 16.8 Å². The summed E-state index contributed by atoms with van der Waals surface area (Å²) in [6.07, 6.45) is -3.61. The van der Waals surface area contributed by atoms with Crippen LogP contribution in [0.1, 0.15) is 80.0 Å². The lowest BCUT2D eigenvalue weighted by Crippen LogP contribution is -2.58. The van der Waals surface area contributed by atoms with E-state index in [0.717, 1.165) is 5.56 Å². The number of hydrogen-bond donors (Lipinski definition) is 6. The third-order valence-corrected chi connectivity index (χ3v) is 20.3. The molecule has 1 aromatic carbocycles. The number of amides is 2. The van der Waals surface area contributed by atoms with Gasteiger partial charge in [-0.2, -0.15) is 0 Å². The lowest BCUT2D eigenvalue weighted by Gasteiger charge is -2.44. The number of rotatable bonds is 19. The number of aliphatic hydroxyl groups excluding tert-OH is 2. The Balaban J connectivity index is 1.77. The second-order valence-corrected chi connectivity index (χ2v) is 28.0. The molecule has 6 N–H and O–H groups in total. The van der Waals surface area contributed by atoms with Crippen molar-refractivity contribution in [2.75, 3.05) is 19.7 Å². The van der Waals surface area contributed by atoms with Crippen LogP contribution in [0.15, 0.2) is 52.2 Å². The summed E-state index contributed by atoms with van der Waals surface area (Å²) in [7, 11) is -5.14. The van der Waals surface area contributed by atoms with Crippen LogP contribution in [-0.2, 0) is 29.7 Å². The maximum atomic E-state index is 13.2. The molecule has 2 aromatic rings. The summed E-state index contributed by atoms with van der Waals surface area (Å²) in [5, 5.41) is 30.9. The molecule has 0 saturated carbocycles. The highest BCUT2D eigenvalue weighted by Gasteiger charge is 2.56. The summed E-state index contributed by atoms with van der Waals surface area (Å²) in [5.74, 6) is -0.222. The minimum Gasteiger partial charge on any atom is -0.445 e. The van der Waals surface area contributed by atoms with Crippen LogP contribution >= 0.6 is 0 Å². The fourth-order valence-corrected chi connectivity index (χ4v) is 8.51. The molecule has 0 aliphatic carbocycles. The number of H-pyrrole nitrogens is 1. The minimum absolute atomic E-state index is 0.0813. The van der Waals surface area contributed by atoms with Gasteiger partial charge in [0.2, 0.25) is 5.91 Å². The average Bonchev–Trinajstić information content (AvgIpc) is 3.43. The van der Waals surface area contributed by atoms with E-state index in [4.69, 9.17) is 18.3 Å². The molecule has 322 valence electrons. The van der Waals surface area contributed by atoms with Gasteiger partial charge in [0.05, 0.1) is 12.6 Å². The molecule has 1 saturated heterocycles. The third-order valence-electron chi connectivity index (χ3n) is 11.4. The monoisotopic (exact) mass is 835 g/mol. The first-order valence-corrected chi connectivity index (χ1v) is 25.8. The van der Waals surface area contributed by atoms with Gasteiger partial charge in [-0.3, -0.25) is 19.1 Å². The van der Waals surface area contributed by atoms with Crippen LogP contribution in [0.2, 0.25) is 36.3 Å². The Labute approximate surface area is 339 Å². The SMILES string of the molecule is CC(C)C[C@H](NC(=O)OCc1ccccc1)C(=O)NCCCN[C@@H](CO)[C@@H](O)C1O[C@@H](n2ccc(=O)[nH]c2=O)[C@H](O[Si](C)(C)C(C)(C)C)[C@@H]1O[Si](C)(C)C(C)(C)C. The van der Waals surface area contributed by atoms with Crippen molar-refractivity contribution in [3.63, 3.8) is 0 Å². The number of alkyl carbamates (subject to hydrolysis) is 1. The van der Waals surface area contributed by atoms with Gasteiger partial charge in [-0.25, -0.2) is 9.59 Å². The molecule has 0 spiro atoms. The number of hydrogen-bond acceptors (Lipinski definition) is 11. The molecule has 1 fully saturated rings. The summed E-state index contributed by atoms with van der Waals surface area (Å²) in [4.78, 5) is 53.3. The summed E-state index contributed by atoms with van der Waals surface area (Å²) in [5.41, 5.74) is -0.417. The van der Waals surface area contributed by atoms with Gasteiger partial charge in [0.1, 0.15) is 37.1 Å². The van der Waals surface area contributed by atoms with E-state index in [2.05, 4.69) is 88.7 Å². The van der Waals surface area contributed by atoms with Crippen LogP contribution in [0, 0.1) is 5.92 Å². The molecule has 1 aliphatic rings. The van der Waals surface area contributed by atoms with Crippen molar-refractivity contribution in [3.8, 4) is 0 Å². The number of nitrogens with one attached hydrogen (secondary N) is 4. The summed E-state index contributed by atoms with van der Waals surface area (Å²) in [6, 6.07) is 8.82. The number of ether oxygens (including phenoxy) is 2. The average molecular weight is 836 g/mol. The van der Waals surface area contributed by atoms with Gasteiger partial charge >= 0.3 is 11.8 Å². The molecule has 1 aromatic heterocycles. The van der Waals surface area contributed by atoms with Crippen LogP contribution in [0.5, 0.6) is 0 Å². The molecule has 1 unspecified atom stereocenters. The number of carbonyl (C=O) groups is 2. The second kappa shape index (κ2) is 20.2. The predicted octanol–water partition coefficient (Wildman–Crippen LogP) is 4.37. The Bertz CT molecular complexity index is 1710. The van der Waals surface area contributed by atoms with E-state index in [1.54, 1.807) is 0 Å². The third kappa shape index (κ3) is 13.4. The summed E-state index contributed by atoms with van der Waals surface area (Å²) < 4.78 is 27.2. The van der Waals surface area contributed by atoms with E-state index in [1.807, 2.05) is 44.2 Å². The van der Waals surface area contributed by atoms with E-state index >= 15 is 0 Å². The lowest BCUT2D eigenvalue weighted by atomic mass is 10.00. The molecule has 2 amide bonds. The van der Waals surface area contributed by atoms with Crippen molar-refractivity contribution >= 4 is 28.6 Å². The number of aromatic nitrogens is 2. The number of aliphatic hydroxyl groups is 2. The zero-order chi connectivity index (χ0) is 42.9. The quantitative estimate of drug-likeness (QED) is 0.0867. The fraction of sp³-hybridized carbons (Fsp3) is 0.700. The van der Waals surface area contributed by atoms with Gasteiger partial charge in [0, 0.05) is 18.8 Å². The molecular weight excluding hydrogens is 767 g/mol. The fourth-order valence-electron chi connectivity index (χ4n) is 5.93. The number of benzene rings is 1. The van der Waals surface area contributed by atoms with Crippen molar-refractivity contribution in [1.82, 2.24) is 25.5 Å². The number of carbonyl (C=O) groups excluding carboxylic acids is 2. The Morgan fingerprint density at radius 3 is 2.07 bits per heavy atom. The van der Waals surface area contributed by atoms with Crippen molar-refractivity contribution in [2.24, 2.45) is 5.92 Å². The van der Waals surface area contributed by atoms with E-state index in [-0.39, 0.29) is 35.1 Å². The van der Waals surface area contributed by atoms with E-state index in [9.17, 15) is 29.4 Å². The standard InChI is InChI=1S/C40H69N5O10Si2/c1-26(2)23-28(43-38(51)52-25-27-17-14-13-15-18-27)35(49)42-21-16-20-41-29(24-46)31(48)32-33(54-56(9,10)39(3,4)5)34(55-57(11,12)40(6,7)8)36(53-32)45-22-19-30(47)44-37(45)50/h13-15,17-19,22,26,28-29,31-34,36,41,46,48H,16,20-21,23-25H2,1-12H3,(H,42,49)(H,43,51)(H,44,47,50)/t28-,29-,31+,32?,33+,34+,36+/m0/s1. The highest BCUT2D eigenvalue weighted by atomic mass is 28.4. The molecule has 1 aliphatic heterocycles. The first kappa shape index (κ1) is 48.2. The highest BCUT2D eigenvalue weighted by Crippen LogP contribution is 2.46. The second-order valence-electron chi connectivity index (χ2n) is 18.5. The van der Waals surface area contributed by atoms with Crippen molar-refractivity contribution in [2.45, 2.75) is 154 Å². The highest BCUT2D eigenvalue weighted by molar-refractivity contribution is 6.74. The maximum Gasteiger partial charge on any atom is 0.408 e. The Hall–Kier alpha value is -3.17. The molecule has 57 heavy (non-hydrogen) atoms. The van der Waals surface area contributed by atoms with Gasteiger partial charge in [-0.1, -0.05) is 85.7 Å². The molecule has 0 bridgehead atoms. The summed E-state index contributed by atoms with van der Waals surface area (Å²) in [6.45, 7) is 25.1. The number of nitrogens with zero attached hydrogens (tertiary/aromatic N) is 1. The van der Waals surface area contributed by atoms with Gasteiger partial charge in [-0.15, -0.1) is 0 Å². The van der Waals surface area contributed by atoms with Crippen LogP contribution < -0.4 is 27.2 Å². The van der Waals surface area contributed by atoms with Crippen LogP contribution in [0.4, 0.5) is 4.79 Å². The van der Waals surface area contributed by atoms with Gasteiger partial charge < -0.3 is 44.5 Å². The molecule has 2 heterocycles. The molecular formula is C40H69N5O10Si2. The molecule has 0 radical (unpaired) electrons. The molecule has 3 rings (SSSR count). The van der Waals surface area contributed by atoms with Crippen LogP contribution in [0.25, 0.3) is 0 Å². The van der Waals surface area contributed by atoms with E-state index < -0.39 is 83.3 Å². The minimum atomic E-state index is -2.57. The molecule has 7 atom stereocenters. The smallest absolute Gasteiger partial charge is 0.408 e. The van der Waals surface area contributed by atoms with Crippen LogP contribution in [0.3, 0.4) is 0 Å². The first-order valence-electron chi connectivity index (χ1n) is 20.0. The van der Waals surface area contributed by atoms with Gasteiger partial charge in [0.25, 0.3) is 5.56 Å². The van der Waals surface area contributed by atoms with Crippen molar-refractivity contribution in [1.29, 1.82) is 0 Å². The zero-order valence-corrected chi connectivity index (χ0v) is 38.0. The summed E-state index contributed by atoms with van der Waals surface area (Å²) >= 11 is 0. The Kier molecular flexibility index (Phi) is 17.1. The number of aromatic amines is 1. The normalized spacial score (nSPS) is 20.9. The first-order chi connectivity index (χ1) is 26.4. The van der Waals surface area contributed by atoms with Crippen molar-refractivity contribution < 1.29 is 38.1 Å². The maximum absolute atomic E-state index is 13.2. The van der Waals surface area contributed by atoms with E-state index in [0.29, 0.717) is 19.4 Å². The Morgan fingerprint density at radius 2 is 1.53 bits per heavy atom. The largest absolute Gasteiger partial charge is 0.445 e. The van der Waals surface area contributed by atoms with Gasteiger partial charge in [-0.05, 0) is 67.1 Å². The zero-order valence-electron chi connectivity index (χ0n) is 36.0. The van der Waals surface area contributed by atoms with Gasteiger partial charge in [0.15, 0.2) is 22.9 Å². The lowest BCUT2D eigenvalue weighted by molar-refractivity contribution is -0.123. The molecule has 15 nitrogen and oxygen atoms in total. The topological polar surface area (TPSA) is 202 Å². The predicted molar refractivity (Wildman–Crippen MR) is 225 cm³/mol. The molecule has 17 heteroatoms. The van der Waals surface area contributed by atoms with Crippen molar-refractivity contribution in [3.05, 3.63) is 69.0 Å². The Morgan fingerprint density at radius 1 is 0.930 bits per heavy atom.